The third kappa shape index (κ3) is 26.7. The van der Waals surface area contributed by atoms with Crippen LogP contribution in [0.4, 0.5) is 0 Å². The van der Waals surface area contributed by atoms with Gasteiger partial charge in [0.25, 0.3) is 8.53 Å². The number of unbranched alkanes of at least 4 members (excludes halogenated alkanes) is 7. The predicted molar refractivity (Wildman–Crippen MR) is 431 cm³/mol. The van der Waals surface area contributed by atoms with Crippen molar-refractivity contribution in [2.75, 3.05) is 46.1 Å². The molecule has 2 amide bonds. The molecule has 11 unspecified atom stereocenters. The molecule has 0 aliphatic carbocycles. The molecule has 2 N–H and O–H groups in total. The van der Waals surface area contributed by atoms with Crippen LogP contribution in [-0.4, -0.2) is 200 Å². The number of benzene rings is 7. The van der Waals surface area contributed by atoms with Gasteiger partial charge in [-0.25, -0.2) is 38.2 Å². The van der Waals surface area contributed by atoms with Crippen LogP contribution in [0.1, 0.15) is 184 Å². The lowest BCUT2D eigenvalue weighted by Gasteiger charge is -2.48. The number of aliphatic hydroxyl groups excluding tert-OH is 1. The van der Waals surface area contributed by atoms with Gasteiger partial charge in [0.15, 0.2) is 43.1 Å². The van der Waals surface area contributed by atoms with Crippen molar-refractivity contribution >= 4 is 62.1 Å². The monoisotopic (exact) mass is 1640 g/mol. The van der Waals surface area contributed by atoms with Crippen LogP contribution in [-0.2, 0) is 70.7 Å². The Morgan fingerprint density at radius 3 is 1.28 bits per heavy atom. The first-order valence-electron chi connectivity index (χ1n) is 40.1. The summed E-state index contributed by atoms with van der Waals surface area (Å²) in [6, 6.07) is 56.9. The average molecular weight is 1640 g/mol. The number of nitriles is 1. The van der Waals surface area contributed by atoms with Crippen molar-refractivity contribution in [2.24, 2.45) is 0 Å². The topological polar surface area (TPSA) is 336 Å². The molecule has 0 bridgehead atoms. The highest BCUT2D eigenvalue weighted by Gasteiger charge is 2.59. The highest BCUT2D eigenvalue weighted by Crippen LogP contribution is 2.49. The second-order valence-corrected chi connectivity index (χ2v) is 30.5. The predicted octanol–water partition coefficient (Wildman–Crippen LogP) is 13.3. The Morgan fingerprint density at radius 2 is 0.839 bits per heavy atom. The molecule has 3 heterocycles. The summed E-state index contributed by atoms with van der Waals surface area (Å²) in [6.45, 7) is 7.51. The van der Waals surface area contributed by atoms with Gasteiger partial charge >= 0.3 is 41.8 Å². The Labute approximate surface area is 688 Å². The van der Waals surface area contributed by atoms with Crippen LogP contribution >= 0.6 is 8.53 Å². The van der Waals surface area contributed by atoms with E-state index >= 15 is 0 Å². The molecule has 0 radical (unpaired) electrons. The maximum Gasteiger partial charge on any atom is 0.338 e. The zero-order chi connectivity index (χ0) is 83.6. The minimum absolute atomic E-state index is 0.000216. The van der Waals surface area contributed by atoms with Crippen LogP contribution in [0.25, 0.3) is 0 Å². The number of nitrogens with one attached hydrogen (secondary N) is 1. The van der Waals surface area contributed by atoms with E-state index in [4.69, 9.17) is 66.4 Å². The third-order valence-electron chi connectivity index (χ3n) is 19.8. The van der Waals surface area contributed by atoms with Gasteiger partial charge in [-0.2, -0.15) is 5.26 Å². The van der Waals surface area contributed by atoms with Crippen LogP contribution in [0.15, 0.2) is 212 Å². The first kappa shape index (κ1) is 89.7. The molecule has 0 aromatic heterocycles. The first-order chi connectivity index (χ1) is 57.4. The fraction of sp³-hybridized carbons (Fsp3) is 0.422. The van der Waals surface area contributed by atoms with E-state index in [-0.39, 0.29) is 108 Å². The molecule has 3 fully saturated rings. The summed E-state index contributed by atoms with van der Waals surface area (Å²) in [5, 5.41) is 22.4. The fourth-order valence-electron chi connectivity index (χ4n) is 13.9. The molecule has 7 aromatic rings. The van der Waals surface area contributed by atoms with Gasteiger partial charge in [-0.15, -0.1) is 0 Å². The quantitative estimate of drug-likeness (QED) is 0.0155. The van der Waals surface area contributed by atoms with Crippen molar-refractivity contribution < 1.29 is 109 Å². The Balaban J connectivity index is 0.861. The molecular formula is C90H103N4O23P. The smallest absolute Gasteiger partial charge is 0.338 e. The molecule has 13 atom stereocenters. The first-order valence-corrected chi connectivity index (χ1v) is 41.2. The molecule has 0 saturated carbocycles. The zero-order valence-corrected chi connectivity index (χ0v) is 67.5. The van der Waals surface area contributed by atoms with Crippen molar-refractivity contribution in [2.45, 2.75) is 197 Å². The SMILES string of the molecule is CC(C)N(C(C)C)P(OCCC#N)O[C@@H]1C[C@@H](CO)N(C(=O)CCCCCNC(=O)CCCCCCCCOC2OC(COC(=O)c3ccccc3)C(OC3OC(COC(=O)c4ccccc4)C(OC(=O)c4ccccc4)C(OC(=O)c4ccccc4)C3OC(=O)c3ccccc3)C(OC(=O)c3ccccc3)C2OC(=O)c2ccccc2)C1. The summed E-state index contributed by atoms with van der Waals surface area (Å²) in [4.78, 5) is 130. The van der Waals surface area contributed by atoms with E-state index in [9.17, 15) is 48.3 Å². The summed E-state index contributed by atoms with van der Waals surface area (Å²) in [7, 11) is -1.52. The molecule has 28 heteroatoms. The number of carbonyl (C=O) groups excluding carboxylic acids is 9. The van der Waals surface area contributed by atoms with Gasteiger partial charge < -0.3 is 76.5 Å². The zero-order valence-electron chi connectivity index (χ0n) is 66.6. The molecule has 10 rings (SSSR count). The number of rotatable bonds is 43. The summed E-state index contributed by atoms with van der Waals surface area (Å²) < 4.78 is 86.3. The van der Waals surface area contributed by atoms with E-state index in [1.54, 1.807) is 132 Å². The van der Waals surface area contributed by atoms with Gasteiger partial charge in [0.1, 0.15) is 31.5 Å². The number of ether oxygens (including phenoxy) is 11. The van der Waals surface area contributed by atoms with Crippen LogP contribution in [0, 0.1) is 11.3 Å². The van der Waals surface area contributed by atoms with E-state index in [1.165, 1.54) is 84.9 Å². The standard InChI is InChI=1S/C90H103N4O23P/c1-61(2)94(62(3)4)118(108-55-35-52-91)117-71-56-70(58-95)93(57-71)75(97)51-32-16-33-53-92-74(96)50-31-7-5-6-8-34-54-105-89-80(114-87(103)68-46-27-14-28-47-68)79(113-86(102)67-44-25-13-26-45-67)77(73(109-89)60-107-83(99)64-38-19-10-20-39-64)116-90-81(115-88(104)69-48-29-15-30-49-69)78(112-85(101)66-42-23-12-24-43-66)76(111-84(100)65-40-21-11-22-41-65)72(110-90)59-106-82(98)63-36-17-9-18-37-63/h9-15,17-30,36-49,61-62,70-73,76-81,89-90,95H,5-8,16,31-35,50-51,53-60H2,1-4H3,(H,92,96)/t70-,71+,72?,73?,76?,77?,78?,79?,80?,81?,89?,90?,118?/m0/s1. The number of likely N-dealkylation sites (tertiary alicyclic amines) is 1. The number of hydrogen-bond acceptors (Lipinski definition) is 25. The van der Waals surface area contributed by atoms with Gasteiger partial charge in [-0.1, -0.05) is 159 Å². The van der Waals surface area contributed by atoms with Gasteiger partial charge in [-0.3, -0.25) is 9.59 Å². The van der Waals surface area contributed by atoms with Crippen LogP contribution in [0.2, 0.25) is 0 Å². The van der Waals surface area contributed by atoms with Crippen LogP contribution in [0.3, 0.4) is 0 Å². The van der Waals surface area contributed by atoms with Gasteiger partial charge in [0.2, 0.25) is 11.8 Å². The highest BCUT2D eigenvalue weighted by atomic mass is 31.2. The lowest BCUT2D eigenvalue weighted by molar-refractivity contribution is -0.356. The Morgan fingerprint density at radius 1 is 0.466 bits per heavy atom. The molecule has 118 heavy (non-hydrogen) atoms. The second-order valence-electron chi connectivity index (χ2n) is 29.1. The van der Waals surface area contributed by atoms with Gasteiger partial charge in [-0.05, 0) is 145 Å². The lowest BCUT2D eigenvalue weighted by Crippen LogP contribution is -2.67. The summed E-state index contributed by atoms with van der Waals surface area (Å²) in [5.74, 6) is -6.77. The van der Waals surface area contributed by atoms with Gasteiger partial charge in [0.05, 0.1) is 76.8 Å². The summed E-state index contributed by atoms with van der Waals surface area (Å²) in [5.41, 5.74) is 0.342. The molecule has 3 saturated heterocycles. The Kier molecular flexibility index (Phi) is 35.8. The summed E-state index contributed by atoms with van der Waals surface area (Å²) >= 11 is 0. The minimum atomic E-state index is -2.10. The molecule has 3 aliphatic heterocycles. The van der Waals surface area contributed by atoms with Crippen molar-refractivity contribution in [1.29, 1.82) is 5.26 Å². The number of amides is 2. The van der Waals surface area contributed by atoms with Crippen molar-refractivity contribution in [3.05, 3.63) is 251 Å². The molecule has 7 aromatic carbocycles. The van der Waals surface area contributed by atoms with Crippen molar-refractivity contribution in [1.82, 2.24) is 14.9 Å². The minimum Gasteiger partial charge on any atom is -0.459 e. The van der Waals surface area contributed by atoms with Crippen molar-refractivity contribution in [3.8, 4) is 6.07 Å². The van der Waals surface area contributed by atoms with E-state index in [0.29, 0.717) is 64.5 Å². The Hall–Kier alpha value is -10.6. The summed E-state index contributed by atoms with van der Waals surface area (Å²) in [6.07, 6.45) is -11.6. The molecule has 3 aliphatic rings. The largest absolute Gasteiger partial charge is 0.459 e. The maximum absolute atomic E-state index is 15.0. The van der Waals surface area contributed by atoms with E-state index in [1.807, 2.05) is 0 Å². The second kappa shape index (κ2) is 47.1. The van der Waals surface area contributed by atoms with Crippen LogP contribution in [0.5, 0.6) is 0 Å². The normalized spacial score (nSPS) is 21.2. The lowest BCUT2D eigenvalue weighted by atomic mass is 9.95. The fourth-order valence-corrected chi connectivity index (χ4v) is 15.6. The molecular weight excluding hydrogens is 1540 g/mol. The average Bonchev–Trinajstić information content (AvgIpc) is 0.905. The van der Waals surface area contributed by atoms with E-state index < -0.39 is 125 Å². The Bertz CT molecular complexity index is 4340. The van der Waals surface area contributed by atoms with Crippen LogP contribution < -0.4 is 5.32 Å². The number of esters is 7. The molecule has 626 valence electrons. The molecule has 0 spiro atoms. The van der Waals surface area contributed by atoms with E-state index in [0.717, 1.165) is 19.3 Å². The highest BCUT2D eigenvalue weighted by molar-refractivity contribution is 7.44. The number of nitrogens with zero attached hydrogens (tertiary/aromatic N) is 3. The van der Waals surface area contributed by atoms with Gasteiger partial charge in [0, 0.05) is 44.6 Å². The molecule has 27 nitrogen and oxygen atoms in total. The number of aliphatic hydroxyl groups is 1. The van der Waals surface area contributed by atoms with E-state index in [2.05, 4.69) is 43.8 Å². The number of carbonyl (C=O) groups is 9. The third-order valence-corrected chi connectivity index (χ3v) is 22.0. The number of hydrogen-bond donors (Lipinski definition) is 2. The van der Waals surface area contributed by atoms with Crippen molar-refractivity contribution in [3.63, 3.8) is 0 Å². The maximum atomic E-state index is 15.0.